The van der Waals surface area contributed by atoms with Gasteiger partial charge in [-0.3, -0.25) is 4.79 Å². The van der Waals surface area contributed by atoms with Gasteiger partial charge in [0.05, 0.1) is 5.56 Å². The topological polar surface area (TPSA) is 33.2 Å². The molecule has 0 saturated heterocycles. The predicted molar refractivity (Wildman–Crippen MR) is 64.2 cm³/mol. The van der Waals surface area contributed by atoms with Crippen molar-refractivity contribution >= 4 is 5.91 Å². The first-order valence-electron chi connectivity index (χ1n) is 5.83. The maximum atomic E-state index is 13.5. The van der Waals surface area contributed by atoms with Crippen LogP contribution in [0.25, 0.3) is 0 Å². The monoisotopic (exact) mass is 260 g/mol. The fourth-order valence-electron chi connectivity index (χ4n) is 2.23. The van der Waals surface area contributed by atoms with Crippen LogP contribution in [0.15, 0.2) is 36.5 Å². The van der Waals surface area contributed by atoms with Crippen LogP contribution < -0.4 is 0 Å². The summed E-state index contributed by atoms with van der Waals surface area (Å²) < 4.78 is 26.6. The van der Waals surface area contributed by atoms with Crippen LogP contribution in [0, 0.1) is 11.8 Å². The van der Waals surface area contributed by atoms with Crippen LogP contribution in [0.3, 0.4) is 0 Å². The van der Waals surface area contributed by atoms with Gasteiger partial charge in [0, 0.05) is 19.3 Å². The summed E-state index contributed by atoms with van der Waals surface area (Å²) in [4.78, 5) is 16.8. The molecule has 0 spiro atoms. The number of fused-ring (bicyclic) bond motifs is 1. The summed E-state index contributed by atoms with van der Waals surface area (Å²) in [7, 11) is 0. The zero-order valence-corrected chi connectivity index (χ0v) is 9.94. The van der Waals surface area contributed by atoms with E-state index in [1.165, 1.54) is 11.0 Å². The predicted octanol–water partition coefficient (Wildman–Crippen LogP) is 2.52. The Morgan fingerprint density at radius 2 is 1.74 bits per heavy atom. The summed E-state index contributed by atoms with van der Waals surface area (Å²) in [5.74, 6) is -2.96. The van der Waals surface area contributed by atoms with Crippen LogP contribution in [0.2, 0.25) is 0 Å². The molecule has 0 atom stereocenters. The fraction of sp³-hybridized carbons (Fsp3) is 0.143. The Labute approximate surface area is 108 Å². The molecular formula is C14H10F2N2O. The normalized spacial score (nSPS) is 13.5. The average molecular weight is 260 g/mol. The Balaban J connectivity index is 1.89. The minimum atomic E-state index is -1.25. The highest BCUT2D eigenvalue weighted by Crippen LogP contribution is 2.24. The molecule has 19 heavy (non-hydrogen) atoms. The maximum absolute atomic E-state index is 13.5. The Kier molecular flexibility index (Phi) is 2.74. The summed E-state index contributed by atoms with van der Waals surface area (Å²) in [6.07, 6.45) is 1.09. The zero-order valence-electron chi connectivity index (χ0n) is 9.94. The van der Waals surface area contributed by atoms with E-state index in [9.17, 15) is 13.6 Å². The smallest absolute Gasteiger partial charge is 0.257 e. The van der Waals surface area contributed by atoms with E-state index in [2.05, 4.69) is 4.98 Å². The van der Waals surface area contributed by atoms with E-state index in [0.29, 0.717) is 13.1 Å². The molecular weight excluding hydrogens is 250 g/mol. The van der Waals surface area contributed by atoms with Crippen LogP contribution in [-0.4, -0.2) is 15.8 Å². The summed E-state index contributed by atoms with van der Waals surface area (Å²) in [5.41, 5.74) is 1.79. The van der Waals surface area contributed by atoms with Crippen LogP contribution in [0.1, 0.15) is 21.5 Å². The molecule has 0 unspecified atom stereocenters. The van der Waals surface area contributed by atoms with E-state index >= 15 is 0 Å². The number of hydrogen-bond donors (Lipinski definition) is 0. The lowest BCUT2D eigenvalue weighted by Crippen LogP contribution is -2.26. The van der Waals surface area contributed by atoms with Crippen molar-refractivity contribution in [2.24, 2.45) is 0 Å². The lowest BCUT2D eigenvalue weighted by Gasteiger charge is -2.15. The van der Waals surface area contributed by atoms with Crippen molar-refractivity contribution < 1.29 is 13.6 Å². The third-order valence-corrected chi connectivity index (χ3v) is 3.21. The highest BCUT2D eigenvalue weighted by atomic mass is 19.2. The number of benzene rings is 1. The molecule has 0 N–H and O–H groups in total. The van der Waals surface area contributed by atoms with E-state index in [4.69, 9.17) is 0 Å². The molecule has 2 aromatic rings. The molecule has 5 heteroatoms. The third-order valence-electron chi connectivity index (χ3n) is 3.21. The second-order valence-corrected chi connectivity index (χ2v) is 4.39. The maximum Gasteiger partial charge on any atom is 0.257 e. The molecule has 3 nitrogen and oxygen atoms in total. The summed E-state index contributed by atoms with van der Waals surface area (Å²) >= 11 is 0. The molecule has 1 amide bonds. The van der Waals surface area contributed by atoms with Crippen molar-refractivity contribution in [1.29, 1.82) is 0 Å². The molecule has 0 fully saturated rings. The summed E-state index contributed by atoms with van der Waals surface area (Å²) in [6, 6.07) is 8.82. The molecule has 96 valence electrons. The van der Waals surface area contributed by atoms with Crippen molar-refractivity contribution in [2.75, 3.05) is 0 Å². The molecule has 0 aliphatic carbocycles. The number of carbonyl (C=O) groups excluding carboxylic acids is 1. The number of halogens is 2. The first kappa shape index (κ1) is 11.8. The molecule has 3 rings (SSSR count). The first-order valence-corrected chi connectivity index (χ1v) is 5.83. The Morgan fingerprint density at radius 1 is 1.11 bits per heavy atom. The van der Waals surface area contributed by atoms with Crippen molar-refractivity contribution in [1.82, 2.24) is 9.88 Å². The van der Waals surface area contributed by atoms with Gasteiger partial charge in [0.2, 0.25) is 5.95 Å². The zero-order chi connectivity index (χ0) is 13.4. The van der Waals surface area contributed by atoms with E-state index in [1.54, 1.807) is 0 Å². The lowest BCUT2D eigenvalue weighted by atomic mass is 10.1. The Bertz CT molecular complexity index is 633. The highest BCUT2D eigenvalue weighted by molar-refractivity contribution is 5.94. The molecule has 0 bridgehead atoms. The van der Waals surface area contributed by atoms with Crippen molar-refractivity contribution in [3.05, 3.63) is 65.0 Å². The van der Waals surface area contributed by atoms with E-state index in [1.807, 2.05) is 24.3 Å². The Morgan fingerprint density at radius 3 is 2.37 bits per heavy atom. The first-order chi connectivity index (χ1) is 9.16. The molecule has 1 aliphatic rings. The number of amides is 1. The van der Waals surface area contributed by atoms with Gasteiger partial charge in [-0.1, -0.05) is 24.3 Å². The number of hydrogen-bond acceptors (Lipinski definition) is 2. The summed E-state index contributed by atoms with van der Waals surface area (Å²) in [5, 5.41) is 0. The van der Waals surface area contributed by atoms with Crippen molar-refractivity contribution in [3.8, 4) is 0 Å². The van der Waals surface area contributed by atoms with Gasteiger partial charge in [0.15, 0.2) is 5.82 Å². The van der Waals surface area contributed by atoms with E-state index in [-0.39, 0.29) is 5.56 Å². The van der Waals surface area contributed by atoms with Gasteiger partial charge < -0.3 is 4.90 Å². The number of aromatic nitrogens is 1. The Hall–Kier alpha value is -2.30. The lowest BCUT2D eigenvalue weighted by molar-refractivity contribution is 0.0745. The standard InChI is InChI=1S/C14H10F2N2O/c15-12-11(5-6-17-13(12)16)14(19)18-7-9-3-1-2-4-10(9)8-18/h1-6H,7-8H2. The van der Waals surface area contributed by atoms with Gasteiger partial charge in [-0.25, -0.2) is 9.37 Å². The molecule has 0 radical (unpaired) electrons. The van der Waals surface area contributed by atoms with Crippen LogP contribution in [-0.2, 0) is 13.1 Å². The number of rotatable bonds is 1. The largest absolute Gasteiger partial charge is 0.330 e. The van der Waals surface area contributed by atoms with Gasteiger partial charge in [-0.2, -0.15) is 4.39 Å². The van der Waals surface area contributed by atoms with Gasteiger partial charge in [-0.05, 0) is 17.2 Å². The summed E-state index contributed by atoms with van der Waals surface area (Å²) in [6.45, 7) is 0.830. The van der Waals surface area contributed by atoms with Crippen LogP contribution >= 0.6 is 0 Å². The number of pyridine rings is 1. The van der Waals surface area contributed by atoms with Crippen LogP contribution in [0.5, 0.6) is 0 Å². The third kappa shape index (κ3) is 1.97. The second kappa shape index (κ2) is 4.42. The van der Waals surface area contributed by atoms with Crippen molar-refractivity contribution in [3.63, 3.8) is 0 Å². The minimum absolute atomic E-state index is 0.277. The molecule has 1 aliphatic heterocycles. The van der Waals surface area contributed by atoms with Gasteiger partial charge in [0.1, 0.15) is 0 Å². The van der Waals surface area contributed by atoms with Crippen molar-refractivity contribution in [2.45, 2.75) is 13.1 Å². The van der Waals surface area contributed by atoms with E-state index < -0.39 is 17.7 Å². The fourth-order valence-corrected chi connectivity index (χ4v) is 2.23. The second-order valence-electron chi connectivity index (χ2n) is 4.39. The highest BCUT2D eigenvalue weighted by Gasteiger charge is 2.26. The van der Waals surface area contributed by atoms with Gasteiger partial charge >= 0.3 is 0 Å². The SMILES string of the molecule is O=C(c1ccnc(F)c1F)N1Cc2ccccc2C1. The average Bonchev–Trinajstić information content (AvgIpc) is 2.85. The molecule has 2 heterocycles. The molecule has 1 aromatic carbocycles. The quantitative estimate of drug-likeness (QED) is 0.738. The minimum Gasteiger partial charge on any atom is -0.330 e. The van der Waals surface area contributed by atoms with Gasteiger partial charge in [0.25, 0.3) is 5.91 Å². The van der Waals surface area contributed by atoms with E-state index in [0.717, 1.165) is 17.3 Å². The van der Waals surface area contributed by atoms with Crippen LogP contribution in [0.4, 0.5) is 8.78 Å². The molecule has 1 aromatic heterocycles. The number of carbonyl (C=O) groups is 1. The number of nitrogens with zero attached hydrogens (tertiary/aromatic N) is 2. The van der Waals surface area contributed by atoms with Gasteiger partial charge in [-0.15, -0.1) is 0 Å². The molecule has 0 saturated carbocycles.